The minimum atomic E-state index is -5.69. The van der Waals surface area contributed by atoms with E-state index in [0.29, 0.717) is 0 Å². The van der Waals surface area contributed by atoms with Gasteiger partial charge < -0.3 is 14.2 Å². The Balaban J connectivity index is 2.26. The number of alkyl halides is 3. The molecule has 1 N–H and O–H groups in total. The lowest BCUT2D eigenvalue weighted by Gasteiger charge is -2.36. The fourth-order valence-corrected chi connectivity index (χ4v) is 3.91. The van der Waals surface area contributed by atoms with Crippen LogP contribution in [0.5, 0.6) is 0 Å². The van der Waals surface area contributed by atoms with Gasteiger partial charge in [0.2, 0.25) is 0 Å². The van der Waals surface area contributed by atoms with Crippen LogP contribution >= 0.6 is 0 Å². The van der Waals surface area contributed by atoms with Crippen molar-refractivity contribution in [1.82, 2.24) is 4.90 Å². The van der Waals surface area contributed by atoms with Crippen LogP contribution in [0.3, 0.4) is 0 Å². The van der Waals surface area contributed by atoms with Crippen molar-refractivity contribution in [2.45, 2.75) is 38.7 Å². The van der Waals surface area contributed by atoms with E-state index < -0.39 is 33.2 Å². The topological polar surface area (TPSA) is 83.9 Å². The average molecular weight is 357 g/mol. The van der Waals surface area contributed by atoms with E-state index in [0.717, 1.165) is 0 Å². The largest absolute Gasteiger partial charge is 0.534 e. The molecule has 1 aliphatic carbocycles. The maximum atomic E-state index is 12.4. The van der Waals surface area contributed by atoms with Crippen LogP contribution < -0.4 is 0 Å². The number of hydrogen-bond donors (Lipinski definition) is 1. The molecule has 1 heterocycles. The van der Waals surface area contributed by atoms with E-state index in [-0.39, 0.29) is 30.6 Å². The van der Waals surface area contributed by atoms with Crippen molar-refractivity contribution in [3.8, 4) is 0 Å². The number of allylic oxidation sites excluding steroid dienone is 1. The molecule has 0 spiro atoms. The predicted molar refractivity (Wildman–Crippen MR) is 73.7 cm³/mol. The highest BCUT2D eigenvalue weighted by molar-refractivity contribution is 7.87. The summed E-state index contributed by atoms with van der Waals surface area (Å²) in [5, 5.41) is 9.29. The van der Waals surface area contributed by atoms with Gasteiger partial charge in [0, 0.05) is 24.9 Å². The molecular formula is C13H18F3NO5S. The second-order valence-corrected chi connectivity index (χ2v) is 8.44. The van der Waals surface area contributed by atoms with Gasteiger partial charge in [0.05, 0.1) is 0 Å². The first-order valence-electron chi connectivity index (χ1n) is 6.95. The molecule has 23 heavy (non-hydrogen) atoms. The molecule has 3 atom stereocenters. The third-order valence-corrected chi connectivity index (χ3v) is 5.15. The molecular weight excluding hydrogens is 339 g/mol. The SMILES string of the molecule is CC(C)(C)C1C2C=C(OS(=O)(=O)C(F)(F)F)CC2CN1C(=O)O. The zero-order valence-corrected chi connectivity index (χ0v) is 13.6. The number of carbonyl (C=O) groups is 1. The van der Waals surface area contributed by atoms with Gasteiger partial charge in [0.1, 0.15) is 5.76 Å². The van der Waals surface area contributed by atoms with Crippen LogP contribution in [0.1, 0.15) is 27.2 Å². The molecule has 0 aromatic heterocycles. The summed E-state index contributed by atoms with van der Waals surface area (Å²) >= 11 is 0. The Labute approximate surface area is 132 Å². The van der Waals surface area contributed by atoms with Crippen LogP contribution in [-0.4, -0.2) is 42.6 Å². The summed E-state index contributed by atoms with van der Waals surface area (Å²) in [6.07, 6.45) is 0.196. The van der Waals surface area contributed by atoms with E-state index in [1.54, 1.807) is 0 Å². The highest BCUT2D eigenvalue weighted by atomic mass is 32.2. The zero-order valence-electron chi connectivity index (χ0n) is 12.8. The number of halogens is 3. The first-order chi connectivity index (χ1) is 10.2. The van der Waals surface area contributed by atoms with E-state index in [2.05, 4.69) is 4.18 Å². The van der Waals surface area contributed by atoms with E-state index in [9.17, 15) is 31.5 Å². The van der Waals surface area contributed by atoms with Crippen LogP contribution in [0.4, 0.5) is 18.0 Å². The van der Waals surface area contributed by atoms with E-state index in [1.165, 1.54) is 11.0 Å². The molecule has 0 saturated carbocycles. The van der Waals surface area contributed by atoms with Crippen molar-refractivity contribution < 1.29 is 35.7 Å². The summed E-state index contributed by atoms with van der Waals surface area (Å²) in [7, 11) is -5.69. The van der Waals surface area contributed by atoms with Gasteiger partial charge in [-0.05, 0) is 17.4 Å². The minimum Gasteiger partial charge on any atom is -0.465 e. The standard InChI is InChI=1S/C13H18F3NO5S/c1-12(2,3)10-9-5-8(22-23(20,21)13(14,15)16)4-7(9)6-17(10)11(18)19/h5,7,9-10H,4,6H2,1-3H3,(H,18,19). The molecule has 2 aliphatic rings. The Morgan fingerprint density at radius 1 is 1.35 bits per heavy atom. The van der Waals surface area contributed by atoms with E-state index >= 15 is 0 Å². The highest BCUT2D eigenvalue weighted by Gasteiger charge is 2.53. The summed E-state index contributed by atoms with van der Waals surface area (Å²) in [5.41, 5.74) is -5.94. The summed E-state index contributed by atoms with van der Waals surface area (Å²) in [6.45, 7) is 5.62. The number of hydrogen-bond acceptors (Lipinski definition) is 4. The van der Waals surface area contributed by atoms with Crippen LogP contribution in [0.2, 0.25) is 0 Å². The maximum Gasteiger partial charge on any atom is 0.534 e. The van der Waals surface area contributed by atoms with Gasteiger partial charge in [-0.3, -0.25) is 0 Å². The molecule has 0 bridgehead atoms. The van der Waals surface area contributed by atoms with Crippen LogP contribution in [0.15, 0.2) is 11.8 Å². The Morgan fingerprint density at radius 3 is 2.35 bits per heavy atom. The quantitative estimate of drug-likeness (QED) is 0.607. The minimum absolute atomic E-state index is 0.0314. The fourth-order valence-electron chi connectivity index (χ4n) is 3.41. The van der Waals surface area contributed by atoms with Gasteiger partial charge in [0.25, 0.3) is 0 Å². The lowest BCUT2D eigenvalue weighted by molar-refractivity contribution is -0.0523. The molecule has 6 nitrogen and oxygen atoms in total. The molecule has 1 amide bonds. The number of amides is 1. The molecule has 1 aliphatic heterocycles. The van der Waals surface area contributed by atoms with Crippen LogP contribution in [-0.2, 0) is 14.3 Å². The number of likely N-dealkylation sites (tertiary alicyclic amines) is 1. The molecule has 0 aromatic carbocycles. The summed E-state index contributed by atoms with van der Waals surface area (Å²) in [4.78, 5) is 12.6. The molecule has 1 fully saturated rings. The van der Waals surface area contributed by atoms with E-state index in [1.807, 2.05) is 20.8 Å². The maximum absolute atomic E-state index is 12.4. The number of fused-ring (bicyclic) bond motifs is 1. The first-order valence-corrected chi connectivity index (χ1v) is 8.36. The van der Waals surface area contributed by atoms with Crippen LogP contribution in [0.25, 0.3) is 0 Å². The molecule has 3 unspecified atom stereocenters. The van der Waals surface area contributed by atoms with Crippen molar-refractivity contribution in [1.29, 1.82) is 0 Å². The second-order valence-electron chi connectivity index (χ2n) is 6.90. The predicted octanol–water partition coefficient (Wildman–Crippen LogP) is 2.78. The van der Waals surface area contributed by atoms with Gasteiger partial charge in [-0.25, -0.2) is 4.79 Å². The second kappa shape index (κ2) is 5.29. The average Bonchev–Trinajstić information content (AvgIpc) is 2.80. The van der Waals surface area contributed by atoms with Gasteiger partial charge in [-0.2, -0.15) is 21.6 Å². The van der Waals surface area contributed by atoms with Crippen molar-refractivity contribution >= 4 is 16.2 Å². The summed E-state index contributed by atoms with van der Waals surface area (Å²) in [6, 6.07) is -0.459. The molecule has 0 aromatic rings. The lowest BCUT2D eigenvalue weighted by Crippen LogP contribution is -2.45. The Bertz CT molecular complexity index is 635. The van der Waals surface area contributed by atoms with Crippen molar-refractivity contribution in [3.63, 3.8) is 0 Å². The monoisotopic (exact) mass is 357 g/mol. The summed E-state index contributed by atoms with van der Waals surface area (Å²) < 4.78 is 63.5. The van der Waals surface area contributed by atoms with Crippen molar-refractivity contribution in [3.05, 3.63) is 11.8 Å². The third-order valence-electron chi connectivity index (χ3n) is 4.15. The van der Waals surface area contributed by atoms with Crippen LogP contribution in [0, 0.1) is 17.3 Å². The van der Waals surface area contributed by atoms with Gasteiger partial charge in [0.15, 0.2) is 0 Å². The highest BCUT2D eigenvalue weighted by Crippen LogP contribution is 2.47. The molecule has 10 heteroatoms. The summed E-state index contributed by atoms with van der Waals surface area (Å²) in [5.74, 6) is -0.921. The number of nitrogens with zero attached hydrogens (tertiary/aromatic N) is 1. The third kappa shape index (κ3) is 3.26. The Hall–Kier alpha value is -1.45. The first kappa shape index (κ1) is 17.9. The lowest BCUT2D eigenvalue weighted by atomic mass is 9.78. The number of carboxylic acid groups (broad SMARTS) is 1. The smallest absolute Gasteiger partial charge is 0.465 e. The molecule has 132 valence electrons. The van der Waals surface area contributed by atoms with Gasteiger partial charge >= 0.3 is 21.7 Å². The zero-order chi connectivity index (χ0) is 17.8. The Morgan fingerprint density at radius 2 is 1.91 bits per heavy atom. The van der Waals surface area contributed by atoms with Gasteiger partial charge in [-0.1, -0.05) is 20.8 Å². The van der Waals surface area contributed by atoms with Gasteiger partial charge in [-0.15, -0.1) is 0 Å². The molecule has 1 saturated heterocycles. The molecule has 2 rings (SSSR count). The van der Waals surface area contributed by atoms with Crippen molar-refractivity contribution in [2.75, 3.05) is 6.54 Å². The number of rotatable bonds is 2. The van der Waals surface area contributed by atoms with E-state index in [4.69, 9.17) is 0 Å². The molecule has 0 radical (unpaired) electrons. The Kier molecular flexibility index (Phi) is 4.11. The fraction of sp³-hybridized carbons (Fsp3) is 0.769. The normalized spacial score (nSPS) is 28.5. The van der Waals surface area contributed by atoms with Crippen molar-refractivity contribution in [2.24, 2.45) is 17.3 Å².